The normalized spacial score (nSPS) is 19.8. The molecule has 1 N–H and O–H groups in total. The van der Waals surface area contributed by atoms with Gasteiger partial charge in [-0.25, -0.2) is 4.39 Å². The number of nitrogens with zero attached hydrogens (tertiary/aromatic N) is 1. The van der Waals surface area contributed by atoms with Crippen molar-refractivity contribution in [2.45, 2.75) is 45.1 Å². The molecule has 1 fully saturated rings. The van der Waals surface area contributed by atoms with Crippen LogP contribution in [0.15, 0.2) is 18.2 Å². The van der Waals surface area contributed by atoms with Gasteiger partial charge in [0, 0.05) is 18.7 Å². The Morgan fingerprint density at radius 1 is 1.21 bits per heavy atom. The highest BCUT2D eigenvalue weighted by Crippen LogP contribution is 2.28. The van der Waals surface area contributed by atoms with Gasteiger partial charge in [-0.1, -0.05) is 38.2 Å². The van der Waals surface area contributed by atoms with Gasteiger partial charge in [-0.15, -0.1) is 0 Å². The van der Waals surface area contributed by atoms with Crippen LogP contribution in [0, 0.1) is 17.1 Å². The summed E-state index contributed by atoms with van der Waals surface area (Å²) in [5.74, 6) is 1.10. The van der Waals surface area contributed by atoms with E-state index in [1.807, 2.05) is 6.07 Å². The minimum Gasteiger partial charge on any atom is -0.352 e. The van der Waals surface area contributed by atoms with Crippen molar-refractivity contribution >= 4 is 5.84 Å². The topological polar surface area (TPSA) is 27.1 Å². The molecule has 2 aliphatic rings. The highest BCUT2D eigenvalue weighted by molar-refractivity contribution is 6.00. The zero-order valence-electron chi connectivity index (χ0n) is 11.3. The number of hydrogen-bond donors (Lipinski definition) is 1. The quantitative estimate of drug-likeness (QED) is 0.875. The third-order valence-electron chi connectivity index (χ3n) is 4.54. The molecule has 1 aromatic rings. The first-order valence-corrected chi connectivity index (χ1v) is 7.36. The molecule has 0 saturated heterocycles. The molecular weight excluding hydrogens is 239 g/mol. The van der Waals surface area contributed by atoms with Crippen molar-refractivity contribution in [3.63, 3.8) is 0 Å². The minimum atomic E-state index is -0.238. The molecule has 3 rings (SSSR count). The van der Waals surface area contributed by atoms with Crippen LogP contribution in [-0.2, 0) is 6.54 Å². The van der Waals surface area contributed by atoms with E-state index in [2.05, 4.69) is 4.90 Å². The van der Waals surface area contributed by atoms with E-state index in [1.165, 1.54) is 50.7 Å². The van der Waals surface area contributed by atoms with E-state index in [0.29, 0.717) is 5.84 Å². The van der Waals surface area contributed by atoms with Crippen molar-refractivity contribution in [2.75, 3.05) is 6.54 Å². The Kier molecular flexibility index (Phi) is 3.54. The summed E-state index contributed by atoms with van der Waals surface area (Å²) in [6.45, 7) is 1.72. The summed E-state index contributed by atoms with van der Waals surface area (Å²) in [4.78, 5) is 2.10. The summed E-state index contributed by atoms with van der Waals surface area (Å²) in [6.07, 6.45) is 8.01. The van der Waals surface area contributed by atoms with Crippen LogP contribution in [0.25, 0.3) is 0 Å². The van der Waals surface area contributed by atoms with E-state index < -0.39 is 0 Å². The van der Waals surface area contributed by atoms with E-state index in [1.54, 1.807) is 0 Å². The molecule has 1 saturated carbocycles. The van der Waals surface area contributed by atoms with Crippen LogP contribution in [0.2, 0.25) is 0 Å². The van der Waals surface area contributed by atoms with Crippen LogP contribution >= 0.6 is 0 Å². The van der Waals surface area contributed by atoms with E-state index >= 15 is 0 Å². The standard InChI is InChI=1S/C16H21FN2/c17-14-7-6-13-11-19(16(18)15(13)10-14)9-8-12-4-2-1-3-5-12/h6-7,10,12,18H,1-5,8-9,11H2. The van der Waals surface area contributed by atoms with Crippen LogP contribution < -0.4 is 0 Å². The first kappa shape index (κ1) is 12.6. The summed E-state index contributed by atoms with van der Waals surface area (Å²) in [5, 5.41) is 8.16. The molecule has 0 radical (unpaired) electrons. The monoisotopic (exact) mass is 260 g/mol. The number of amidine groups is 1. The second kappa shape index (κ2) is 5.32. The highest BCUT2D eigenvalue weighted by atomic mass is 19.1. The summed E-state index contributed by atoms with van der Waals surface area (Å²) >= 11 is 0. The number of benzene rings is 1. The summed E-state index contributed by atoms with van der Waals surface area (Å²) in [7, 11) is 0. The number of hydrogen-bond acceptors (Lipinski definition) is 1. The second-order valence-corrected chi connectivity index (χ2v) is 5.86. The Bertz CT molecular complexity index is 478. The smallest absolute Gasteiger partial charge is 0.128 e. The number of rotatable bonds is 3. The van der Waals surface area contributed by atoms with Crippen LogP contribution in [-0.4, -0.2) is 17.3 Å². The Balaban J connectivity index is 1.60. The summed E-state index contributed by atoms with van der Waals surface area (Å²) in [6, 6.07) is 4.81. The fourth-order valence-corrected chi connectivity index (χ4v) is 3.37. The van der Waals surface area contributed by atoms with Gasteiger partial charge in [-0.2, -0.15) is 0 Å². The Morgan fingerprint density at radius 2 is 2.00 bits per heavy atom. The molecule has 0 bridgehead atoms. The molecule has 1 aliphatic carbocycles. The lowest BCUT2D eigenvalue weighted by Gasteiger charge is -2.25. The van der Waals surface area contributed by atoms with E-state index in [9.17, 15) is 4.39 Å². The molecule has 3 heteroatoms. The first-order chi connectivity index (χ1) is 9.24. The van der Waals surface area contributed by atoms with Crippen molar-refractivity contribution in [1.82, 2.24) is 4.90 Å². The molecule has 0 unspecified atom stereocenters. The average Bonchev–Trinajstić information content (AvgIpc) is 2.74. The number of halogens is 1. The third kappa shape index (κ3) is 2.65. The molecule has 0 amide bonds. The van der Waals surface area contributed by atoms with Crippen molar-refractivity contribution in [1.29, 1.82) is 5.41 Å². The van der Waals surface area contributed by atoms with Gasteiger partial charge in [0.05, 0.1) is 0 Å². The van der Waals surface area contributed by atoms with Crippen molar-refractivity contribution < 1.29 is 4.39 Å². The average molecular weight is 260 g/mol. The maximum absolute atomic E-state index is 13.2. The molecule has 1 heterocycles. The number of nitrogens with one attached hydrogen (secondary N) is 1. The van der Waals surface area contributed by atoms with Gasteiger partial charge in [-0.05, 0) is 30.0 Å². The van der Waals surface area contributed by atoms with E-state index in [4.69, 9.17) is 5.41 Å². The second-order valence-electron chi connectivity index (χ2n) is 5.86. The molecule has 102 valence electrons. The fraction of sp³-hybridized carbons (Fsp3) is 0.562. The minimum absolute atomic E-state index is 0.238. The molecule has 0 spiro atoms. The zero-order chi connectivity index (χ0) is 13.2. The summed E-state index contributed by atoms with van der Waals surface area (Å²) < 4.78 is 13.2. The first-order valence-electron chi connectivity index (χ1n) is 7.36. The maximum atomic E-state index is 13.2. The Hall–Kier alpha value is -1.38. The number of fused-ring (bicyclic) bond motifs is 1. The van der Waals surface area contributed by atoms with Gasteiger partial charge < -0.3 is 4.90 Å². The largest absolute Gasteiger partial charge is 0.352 e. The lowest BCUT2D eigenvalue weighted by Crippen LogP contribution is -2.27. The van der Waals surface area contributed by atoms with Gasteiger partial charge in [0.2, 0.25) is 0 Å². The van der Waals surface area contributed by atoms with Gasteiger partial charge >= 0.3 is 0 Å². The fourth-order valence-electron chi connectivity index (χ4n) is 3.37. The maximum Gasteiger partial charge on any atom is 0.128 e. The third-order valence-corrected chi connectivity index (χ3v) is 4.54. The molecule has 0 atom stereocenters. The van der Waals surface area contributed by atoms with E-state index in [-0.39, 0.29) is 5.82 Å². The molecule has 1 aliphatic heterocycles. The van der Waals surface area contributed by atoms with Gasteiger partial charge in [0.1, 0.15) is 11.7 Å². The SMILES string of the molecule is N=C1c2cc(F)ccc2CN1CCC1CCCCC1. The van der Waals surface area contributed by atoms with Crippen molar-refractivity contribution in [3.05, 3.63) is 35.1 Å². The van der Waals surface area contributed by atoms with E-state index in [0.717, 1.165) is 30.1 Å². The summed E-state index contributed by atoms with van der Waals surface area (Å²) in [5.41, 5.74) is 1.87. The van der Waals surface area contributed by atoms with Gasteiger partial charge in [-0.3, -0.25) is 5.41 Å². The molecular formula is C16H21FN2. The van der Waals surface area contributed by atoms with Gasteiger partial charge in [0.15, 0.2) is 0 Å². The Labute approximate surface area is 114 Å². The molecule has 2 nitrogen and oxygen atoms in total. The molecule has 1 aromatic carbocycles. The zero-order valence-corrected chi connectivity index (χ0v) is 11.3. The van der Waals surface area contributed by atoms with Crippen LogP contribution in [0.5, 0.6) is 0 Å². The molecule has 19 heavy (non-hydrogen) atoms. The van der Waals surface area contributed by atoms with Crippen LogP contribution in [0.4, 0.5) is 4.39 Å². The Morgan fingerprint density at radius 3 is 2.79 bits per heavy atom. The predicted octanol–water partition coefficient (Wildman–Crippen LogP) is 3.94. The molecule has 0 aromatic heterocycles. The lowest BCUT2D eigenvalue weighted by molar-refractivity contribution is 0.298. The van der Waals surface area contributed by atoms with Crippen molar-refractivity contribution in [2.24, 2.45) is 5.92 Å². The highest BCUT2D eigenvalue weighted by Gasteiger charge is 2.25. The van der Waals surface area contributed by atoms with Crippen molar-refractivity contribution in [3.8, 4) is 0 Å². The van der Waals surface area contributed by atoms with Gasteiger partial charge in [0.25, 0.3) is 0 Å². The predicted molar refractivity (Wildman–Crippen MR) is 74.8 cm³/mol. The van der Waals surface area contributed by atoms with Crippen LogP contribution in [0.3, 0.4) is 0 Å². The lowest BCUT2D eigenvalue weighted by atomic mass is 9.87. The van der Waals surface area contributed by atoms with Crippen LogP contribution in [0.1, 0.15) is 49.7 Å².